The van der Waals surface area contributed by atoms with Crippen LogP contribution in [0.2, 0.25) is 0 Å². The monoisotopic (exact) mass is 165 g/mol. The van der Waals surface area contributed by atoms with Gasteiger partial charge in [0, 0.05) is 6.07 Å². The largest absolute Gasteiger partial charge is 0.437 e. The van der Waals surface area contributed by atoms with Crippen molar-refractivity contribution in [1.29, 1.82) is 5.26 Å². The van der Waals surface area contributed by atoms with Crippen LogP contribution in [0, 0.1) is 11.3 Å². The van der Waals surface area contributed by atoms with Gasteiger partial charge in [-0.2, -0.15) is 5.26 Å². The van der Waals surface area contributed by atoms with Gasteiger partial charge in [0.05, 0.1) is 11.6 Å². The van der Waals surface area contributed by atoms with Crippen molar-refractivity contribution in [3.63, 3.8) is 0 Å². The molecule has 0 N–H and O–H groups in total. The molecule has 1 aliphatic heterocycles. The van der Waals surface area contributed by atoms with Crippen LogP contribution < -0.4 is 9.05 Å². The van der Waals surface area contributed by atoms with Crippen molar-refractivity contribution in [2.45, 2.75) is 0 Å². The molecule has 1 unspecified atom stereocenters. The van der Waals surface area contributed by atoms with E-state index in [2.05, 4.69) is 0 Å². The summed E-state index contributed by atoms with van der Waals surface area (Å²) < 4.78 is 10.2. The van der Waals surface area contributed by atoms with Crippen molar-refractivity contribution in [2.75, 3.05) is 0 Å². The minimum absolute atomic E-state index is 0.0347. The van der Waals surface area contributed by atoms with Crippen LogP contribution in [0.25, 0.3) is 0 Å². The molecular weight excluding hydrogens is 161 g/mol. The molecular formula is C7H4NO2P. The fourth-order valence-corrected chi connectivity index (χ4v) is 1.40. The molecule has 2 rings (SSSR count). The first kappa shape index (κ1) is 6.45. The minimum atomic E-state index is 0.0347. The molecule has 4 heteroatoms. The van der Waals surface area contributed by atoms with Gasteiger partial charge in [0.1, 0.15) is 0 Å². The number of benzene rings is 1. The lowest BCUT2D eigenvalue weighted by Crippen LogP contribution is -1.74. The van der Waals surface area contributed by atoms with E-state index >= 15 is 0 Å². The van der Waals surface area contributed by atoms with Gasteiger partial charge in [-0.25, -0.2) is 0 Å². The highest BCUT2D eigenvalue weighted by Crippen LogP contribution is 2.41. The predicted molar refractivity (Wildman–Crippen MR) is 40.7 cm³/mol. The summed E-state index contributed by atoms with van der Waals surface area (Å²) in [4.78, 5) is 0. The highest BCUT2D eigenvalue weighted by Gasteiger charge is 2.13. The van der Waals surface area contributed by atoms with E-state index in [9.17, 15) is 0 Å². The summed E-state index contributed by atoms with van der Waals surface area (Å²) in [6.45, 7) is 0. The first-order valence-electron chi connectivity index (χ1n) is 3.03. The van der Waals surface area contributed by atoms with Gasteiger partial charge in [-0.3, -0.25) is 0 Å². The van der Waals surface area contributed by atoms with Crippen molar-refractivity contribution in [3.8, 4) is 17.6 Å². The molecule has 0 fully saturated rings. The molecule has 11 heavy (non-hydrogen) atoms. The molecule has 0 aliphatic carbocycles. The highest BCUT2D eigenvalue weighted by molar-refractivity contribution is 7.27. The zero-order valence-electron chi connectivity index (χ0n) is 5.50. The zero-order chi connectivity index (χ0) is 7.68. The van der Waals surface area contributed by atoms with E-state index in [0.29, 0.717) is 11.3 Å². The Bertz CT molecular complexity index is 332. The normalized spacial score (nSPS) is 14.8. The van der Waals surface area contributed by atoms with E-state index in [1.807, 2.05) is 6.07 Å². The molecule has 0 saturated carbocycles. The number of hydrogen-bond acceptors (Lipinski definition) is 3. The maximum absolute atomic E-state index is 8.52. The van der Waals surface area contributed by atoms with Crippen LogP contribution in [0.4, 0.5) is 0 Å². The van der Waals surface area contributed by atoms with E-state index in [1.54, 1.807) is 18.2 Å². The molecule has 1 atom stereocenters. The zero-order valence-corrected chi connectivity index (χ0v) is 6.50. The molecule has 1 aromatic rings. The van der Waals surface area contributed by atoms with Crippen LogP contribution in [0.15, 0.2) is 18.2 Å². The number of nitrogens with zero attached hydrogens (tertiary/aromatic N) is 1. The fraction of sp³-hybridized carbons (Fsp3) is 0. The Labute approximate surface area is 65.5 Å². The molecule has 0 amide bonds. The highest BCUT2D eigenvalue weighted by atomic mass is 31.1. The van der Waals surface area contributed by atoms with Gasteiger partial charge in [-0.1, -0.05) is 0 Å². The van der Waals surface area contributed by atoms with Crippen LogP contribution in [0.5, 0.6) is 11.5 Å². The molecule has 3 nitrogen and oxygen atoms in total. The SMILES string of the molecule is N#Cc1ccc2c(c1)OPO2. The second-order valence-electron chi connectivity index (χ2n) is 2.06. The summed E-state index contributed by atoms with van der Waals surface area (Å²) >= 11 is 0. The van der Waals surface area contributed by atoms with Crippen molar-refractivity contribution < 1.29 is 9.05 Å². The Morgan fingerprint density at radius 3 is 2.91 bits per heavy atom. The van der Waals surface area contributed by atoms with Crippen LogP contribution in [0.3, 0.4) is 0 Å². The fourth-order valence-electron chi connectivity index (χ4n) is 0.852. The molecule has 0 radical (unpaired) electrons. The second-order valence-corrected chi connectivity index (χ2v) is 2.64. The predicted octanol–water partition coefficient (Wildman–Crippen LogP) is 1.84. The third-order valence-corrected chi connectivity index (χ3v) is 1.98. The quantitative estimate of drug-likeness (QED) is 0.551. The van der Waals surface area contributed by atoms with Gasteiger partial charge in [0.2, 0.25) is 0 Å². The van der Waals surface area contributed by atoms with Gasteiger partial charge in [-0.15, -0.1) is 0 Å². The summed E-state index contributed by atoms with van der Waals surface area (Å²) in [5.41, 5.74) is 0.596. The van der Waals surface area contributed by atoms with Crippen molar-refractivity contribution in [2.24, 2.45) is 0 Å². The lowest BCUT2D eigenvalue weighted by Gasteiger charge is -1.92. The molecule has 0 saturated heterocycles. The molecule has 1 heterocycles. The van der Waals surface area contributed by atoms with E-state index in [0.717, 1.165) is 5.75 Å². The van der Waals surface area contributed by atoms with Crippen molar-refractivity contribution >= 4 is 9.03 Å². The molecule has 1 aliphatic rings. The van der Waals surface area contributed by atoms with Gasteiger partial charge in [0.25, 0.3) is 9.03 Å². The summed E-state index contributed by atoms with van der Waals surface area (Å²) in [5, 5.41) is 8.52. The van der Waals surface area contributed by atoms with Crippen LogP contribution in [-0.4, -0.2) is 0 Å². The lowest BCUT2D eigenvalue weighted by atomic mass is 10.2. The Morgan fingerprint density at radius 2 is 2.09 bits per heavy atom. The third kappa shape index (κ3) is 1.02. The molecule has 0 spiro atoms. The lowest BCUT2D eigenvalue weighted by molar-refractivity contribution is 0.603. The van der Waals surface area contributed by atoms with Crippen molar-refractivity contribution in [1.82, 2.24) is 0 Å². The summed E-state index contributed by atoms with van der Waals surface area (Å²) in [7, 11) is 0.0347. The molecule has 54 valence electrons. The number of hydrogen-bond donors (Lipinski definition) is 0. The number of fused-ring (bicyclic) bond motifs is 1. The Hall–Kier alpha value is -1.26. The second kappa shape index (κ2) is 2.41. The Kier molecular flexibility index (Phi) is 1.41. The number of rotatable bonds is 0. The van der Waals surface area contributed by atoms with Crippen molar-refractivity contribution in [3.05, 3.63) is 23.8 Å². The smallest absolute Gasteiger partial charge is 0.275 e. The van der Waals surface area contributed by atoms with E-state index < -0.39 is 0 Å². The van der Waals surface area contributed by atoms with E-state index in [1.165, 1.54) is 0 Å². The first-order valence-corrected chi connectivity index (χ1v) is 3.84. The van der Waals surface area contributed by atoms with Crippen LogP contribution >= 0.6 is 9.03 Å². The first-order chi connectivity index (χ1) is 5.40. The standard InChI is InChI=1S/C7H4NO2P/c8-4-5-1-2-6-7(3-5)10-11-9-6/h1-3,11H. The van der Waals surface area contributed by atoms with Crippen LogP contribution in [0.1, 0.15) is 5.56 Å². The van der Waals surface area contributed by atoms with Gasteiger partial charge < -0.3 is 9.05 Å². The van der Waals surface area contributed by atoms with E-state index in [-0.39, 0.29) is 9.03 Å². The maximum atomic E-state index is 8.52. The Balaban J connectivity index is 2.51. The molecule has 0 aromatic heterocycles. The third-order valence-electron chi connectivity index (χ3n) is 1.38. The van der Waals surface area contributed by atoms with Gasteiger partial charge >= 0.3 is 0 Å². The maximum Gasteiger partial charge on any atom is 0.275 e. The average molecular weight is 165 g/mol. The summed E-state index contributed by atoms with van der Waals surface area (Å²) in [6, 6.07) is 7.15. The average Bonchev–Trinajstić information content (AvgIpc) is 2.50. The van der Waals surface area contributed by atoms with Gasteiger partial charge in [0.15, 0.2) is 11.5 Å². The van der Waals surface area contributed by atoms with E-state index in [4.69, 9.17) is 14.3 Å². The van der Waals surface area contributed by atoms with Gasteiger partial charge in [-0.05, 0) is 12.1 Å². The summed E-state index contributed by atoms with van der Waals surface area (Å²) in [6.07, 6.45) is 0. The molecule has 1 aromatic carbocycles. The molecule has 0 bridgehead atoms. The minimum Gasteiger partial charge on any atom is -0.437 e. The topological polar surface area (TPSA) is 42.2 Å². The summed E-state index contributed by atoms with van der Waals surface area (Å²) in [5.74, 6) is 1.39. The number of nitriles is 1. The Morgan fingerprint density at radius 1 is 1.27 bits per heavy atom. The van der Waals surface area contributed by atoms with Crippen LogP contribution in [-0.2, 0) is 0 Å².